The van der Waals surface area contributed by atoms with E-state index in [1.807, 2.05) is 30.3 Å². The van der Waals surface area contributed by atoms with Crippen molar-refractivity contribution in [3.8, 4) is 5.88 Å². The number of amides is 1. The summed E-state index contributed by atoms with van der Waals surface area (Å²) in [6.07, 6.45) is 1.65. The molecule has 0 bridgehead atoms. The van der Waals surface area contributed by atoms with Gasteiger partial charge in [-0.15, -0.1) is 0 Å². The number of nitrogens with one attached hydrogen (secondary N) is 1. The molecule has 0 unspecified atom stereocenters. The van der Waals surface area contributed by atoms with Crippen molar-refractivity contribution in [2.45, 2.75) is 19.6 Å². The summed E-state index contributed by atoms with van der Waals surface area (Å²) in [5.41, 5.74) is 2.30. The van der Waals surface area contributed by atoms with E-state index in [0.29, 0.717) is 24.6 Å². The van der Waals surface area contributed by atoms with Gasteiger partial charge in [0.2, 0.25) is 11.8 Å². The molecule has 0 radical (unpaired) electrons. The van der Waals surface area contributed by atoms with Crippen LogP contribution >= 0.6 is 0 Å². The van der Waals surface area contributed by atoms with Gasteiger partial charge in [0.05, 0.1) is 6.42 Å². The minimum atomic E-state index is -0.372. The van der Waals surface area contributed by atoms with Gasteiger partial charge in [-0.05, 0) is 28.8 Å². The third kappa shape index (κ3) is 5.14. The van der Waals surface area contributed by atoms with Crippen molar-refractivity contribution in [2.24, 2.45) is 0 Å². The SMILES string of the molecule is O=C(Cc1ccccc1F)NCc1ccnc(OCc2ccccc2)c1. The highest BCUT2D eigenvalue weighted by Crippen LogP contribution is 2.12. The smallest absolute Gasteiger partial charge is 0.224 e. The molecule has 26 heavy (non-hydrogen) atoms. The van der Waals surface area contributed by atoms with Gasteiger partial charge in [-0.25, -0.2) is 9.37 Å². The number of aromatic nitrogens is 1. The molecule has 3 rings (SSSR count). The van der Waals surface area contributed by atoms with Crippen LogP contribution in [0, 0.1) is 5.82 Å². The Kier molecular flexibility index (Phi) is 5.93. The number of carbonyl (C=O) groups is 1. The molecule has 4 nitrogen and oxygen atoms in total. The summed E-state index contributed by atoms with van der Waals surface area (Å²) in [4.78, 5) is 16.2. The number of pyridine rings is 1. The number of nitrogens with zero attached hydrogens (tertiary/aromatic N) is 1. The van der Waals surface area contributed by atoms with E-state index in [1.54, 1.807) is 36.5 Å². The van der Waals surface area contributed by atoms with Crippen LogP contribution in [0.15, 0.2) is 72.9 Å². The summed E-state index contributed by atoms with van der Waals surface area (Å²) < 4.78 is 19.3. The number of carbonyl (C=O) groups excluding carboxylic acids is 1. The van der Waals surface area contributed by atoms with E-state index >= 15 is 0 Å². The van der Waals surface area contributed by atoms with Gasteiger partial charge in [0.15, 0.2) is 0 Å². The summed E-state index contributed by atoms with van der Waals surface area (Å²) in [5.74, 6) is -0.114. The molecule has 0 aliphatic heterocycles. The Hall–Kier alpha value is -3.21. The Morgan fingerprint density at radius 1 is 1.00 bits per heavy atom. The first kappa shape index (κ1) is 17.6. The maximum Gasteiger partial charge on any atom is 0.224 e. The second-order valence-corrected chi connectivity index (χ2v) is 5.82. The monoisotopic (exact) mass is 350 g/mol. The number of hydrogen-bond acceptors (Lipinski definition) is 3. The number of benzene rings is 2. The second-order valence-electron chi connectivity index (χ2n) is 5.82. The first-order chi connectivity index (χ1) is 12.7. The van der Waals surface area contributed by atoms with E-state index in [0.717, 1.165) is 11.1 Å². The van der Waals surface area contributed by atoms with Gasteiger partial charge >= 0.3 is 0 Å². The summed E-state index contributed by atoms with van der Waals surface area (Å²) in [6.45, 7) is 0.758. The maximum absolute atomic E-state index is 13.6. The van der Waals surface area contributed by atoms with Crippen LogP contribution in [-0.2, 0) is 24.4 Å². The number of rotatable bonds is 7. The zero-order valence-corrected chi connectivity index (χ0v) is 14.2. The zero-order valence-electron chi connectivity index (χ0n) is 14.2. The molecule has 0 fully saturated rings. The molecule has 3 aromatic rings. The van der Waals surface area contributed by atoms with Crippen molar-refractivity contribution in [2.75, 3.05) is 0 Å². The van der Waals surface area contributed by atoms with Crippen LogP contribution in [0.2, 0.25) is 0 Å². The van der Waals surface area contributed by atoms with Crippen LogP contribution < -0.4 is 10.1 Å². The number of ether oxygens (including phenoxy) is 1. The van der Waals surface area contributed by atoms with E-state index in [9.17, 15) is 9.18 Å². The molecule has 0 atom stereocenters. The van der Waals surface area contributed by atoms with E-state index in [4.69, 9.17) is 4.74 Å². The van der Waals surface area contributed by atoms with Crippen LogP contribution in [0.5, 0.6) is 5.88 Å². The van der Waals surface area contributed by atoms with Gasteiger partial charge in [-0.1, -0.05) is 48.5 Å². The molecule has 1 aromatic heterocycles. The molecule has 0 spiro atoms. The molecule has 5 heteroatoms. The highest BCUT2D eigenvalue weighted by molar-refractivity contribution is 5.78. The largest absolute Gasteiger partial charge is 0.473 e. The second kappa shape index (κ2) is 8.76. The Bertz CT molecular complexity index is 869. The molecular formula is C21H19FN2O2. The van der Waals surface area contributed by atoms with Gasteiger partial charge in [0.25, 0.3) is 0 Å². The predicted molar refractivity (Wildman–Crippen MR) is 97.0 cm³/mol. The van der Waals surface area contributed by atoms with Crippen molar-refractivity contribution >= 4 is 5.91 Å². The zero-order chi connectivity index (χ0) is 18.2. The predicted octanol–water partition coefficient (Wildman–Crippen LogP) is 3.66. The normalized spacial score (nSPS) is 10.3. The van der Waals surface area contributed by atoms with Gasteiger partial charge in [-0.3, -0.25) is 4.79 Å². The molecule has 1 amide bonds. The summed E-state index contributed by atoms with van der Waals surface area (Å²) in [6, 6.07) is 19.7. The van der Waals surface area contributed by atoms with E-state index < -0.39 is 0 Å². The molecule has 2 aromatic carbocycles. The Balaban J connectivity index is 1.52. The van der Waals surface area contributed by atoms with Crippen LogP contribution in [0.4, 0.5) is 4.39 Å². The molecular weight excluding hydrogens is 331 g/mol. The molecule has 0 saturated heterocycles. The lowest BCUT2D eigenvalue weighted by Gasteiger charge is -2.09. The first-order valence-electron chi connectivity index (χ1n) is 8.32. The Morgan fingerprint density at radius 2 is 1.77 bits per heavy atom. The fourth-order valence-electron chi connectivity index (χ4n) is 2.45. The molecule has 0 aliphatic carbocycles. The minimum Gasteiger partial charge on any atom is -0.473 e. The quantitative estimate of drug-likeness (QED) is 0.707. The van der Waals surface area contributed by atoms with Crippen molar-refractivity contribution in [3.05, 3.63) is 95.4 Å². The summed E-state index contributed by atoms with van der Waals surface area (Å²) in [7, 11) is 0. The van der Waals surface area contributed by atoms with Crippen LogP contribution in [0.1, 0.15) is 16.7 Å². The summed E-state index contributed by atoms with van der Waals surface area (Å²) >= 11 is 0. The van der Waals surface area contributed by atoms with Crippen LogP contribution in [-0.4, -0.2) is 10.9 Å². The van der Waals surface area contributed by atoms with Crippen molar-refractivity contribution in [3.63, 3.8) is 0 Å². The Labute approximate surface area is 151 Å². The maximum atomic E-state index is 13.6. The van der Waals surface area contributed by atoms with Crippen molar-refractivity contribution in [1.29, 1.82) is 0 Å². The topological polar surface area (TPSA) is 51.2 Å². The fourth-order valence-corrected chi connectivity index (χ4v) is 2.45. The third-order valence-electron chi connectivity index (χ3n) is 3.83. The average Bonchev–Trinajstić information content (AvgIpc) is 2.68. The lowest BCUT2D eigenvalue weighted by Crippen LogP contribution is -2.25. The van der Waals surface area contributed by atoms with E-state index in [2.05, 4.69) is 10.3 Å². The van der Waals surface area contributed by atoms with Gasteiger partial charge in [0, 0.05) is 18.8 Å². The highest BCUT2D eigenvalue weighted by atomic mass is 19.1. The van der Waals surface area contributed by atoms with Crippen molar-refractivity contribution in [1.82, 2.24) is 10.3 Å². The van der Waals surface area contributed by atoms with Gasteiger partial charge in [-0.2, -0.15) is 0 Å². The van der Waals surface area contributed by atoms with Gasteiger partial charge < -0.3 is 10.1 Å². The van der Waals surface area contributed by atoms with Crippen LogP contribution in [0.25, 0.3) is 0 Å². The Morgan fingerprint density at radius 3 is 2.58 bits per heavy atom. The molecule has 1 N–H and O–H groups in total. The standard InChI is InChI=1S/C21H19FN2O2/c22-19-9-5-4-8-18(19)13-20(25)24-14-17-10-11-23-21(12-17)26-15-16-6-2-1-3-7-16/h1-12H,13-15H2,(H,24,25). The van der Waals surface area contributed by atoms with Crippen molar-refractivity contribution < 1.29 is 13.9 Å². The first-order valence-corrected chi connectivity index (χ1v) is 8.32. The van der Waals surface area contributed by atoms with Crippen LogP contribution in [0.3, 0.4) is 0 Å². The third-order valence-corrected chi connectivity index (χ3v) is 3.83. The highest BCUT2D eigenvalue weighted by Gasteiger charge is 2.08. The lowest BCUT2D eigenvalue weighted by molar-refractivity contribution is -0.120. The lowest BCUT2D eigenvalue weighted by atomic mass is 10.1. The molecule has 132 valence electrons. The van der Waals surface area contributed by atoms with E-state index in [1.165, 1.54) is 6.07 Å². The number of hydrogen-bond donors (Lipinski definition) is 1. The van der Waals surface area contributed by atoms with E-state index in [-0.39, 0.29) is 18.1 Å². The fraction of sp³-hybridized carbons (Fsp3) is 0.143. The average molecular weight is 350 g/mol. The van der Waals surface area contributed by atoms with Gasteiger partial charge in [0.1, 0.15) is 12.4 Å². The number of halogens is 1. The molecule has 1 heterocycles. The molecule has 0 saturated carbocycles. The minimum absolute atomic E-state index is 0.00905. The molecule has 0 aliphatic rings. The summed E-state index contributed by atoms with van der Waals surface area (Å²) in [5, 5.41) is 2.79.